The molecule has 0 fully saturated rings. The van der Waals surface area contributed by atoms with Crippen LogP contribution in [0.3, 0.4) is 0 Å². The predicted molar refractivity (Wildman–Crippen MR) is 88.0 cm³/mol. The number of rotatable bonds is 6. The van der Waals surface area contributed by atoms with Crippen molar-refractivity contribution in [3.63, 3.8) is 0 Å². The van der Waals surface area contributed by atoms with E-state index >= 15 is 0 Å². The summed E-state index contributed by atoms with van der Waals surface area (Å²) < 4.78 is 23.8. The highest BCUT2D eigenvalue weighted by molar-refractivity contribution is 7.89. The number of para-hydroxylation sites is 1. The molecule has 0 amide bonds. The Morgan fingerprint density at radius 2 is 1.74 bits per heavy atom. The number of hydrogen-bond donors (Lipinski definition) is 5. The van der Waals surface area contributed by atoms with E-state index in [1.165, 1.54) is 12.1 Å². The topological polar surface area (TPSA) is 143 Å². The molecule has 23 heavy (non-hydrogen) atoms. The number of hydrogen-bond acceptors (Lipinski definition) is 5. The maximum absolute atomic E-state index is 11.9. The first-order chi connectivity index (χ1) is 10.9. The third-order valence-corrected chi connectivity index (χ3v) is 4.16. The van der Waals surface area contributed by atoms with E-state index in [-0.39, 0.29) is 16.6 Å². The Hall–Kier alpha value is -2.94. The molecule has 0 spiro atoms. The van der Waals surface area contributed by atoms with Gasteiger partial charge in [-0.3, -0.25) is 0 Å². The van der Waals surface area contributed by atoms with Crippen LogP contribution in [0.5, 0.6) is 5.75 Å². The van der Waals surface area contributed by atoms with Crippen molar-refractivity contribution in [2.24, 2.45) is 16.6 Å². The SMILES string of the molecule is NC(N)=NNS(=O)(=O)c1ccc(NCc2ccccc2O)cc1. The average molecular weight is 335 g/mol. The second-order valence-corrected chi connectivity index (χ2v) is 6.30. The fourth-order valence-electron chi connectivity index (χ4n) is 1.78. The Balaban J connectivity index is 2.05. The van der Waals surface area contributed by atoms with Gasteiger partial charge in [0.05, 0.1) is 4.90 Å². The Morgan fingerprint density at radius 1 is 1.09 bits per heavy atom. The predicted octanol–water partition coefficient (Wildman–Crippen LogP) is 0.471. The molecule has 0 heterocycles. The number of guanidine groups is 1. The number of phenols is 1. The Labute approximate surface area is 133 Å². The molecule has 0 aromatic heterocycles. The van der Waals surface area contributed by atoms with E-state index in [1.54, 1.807) is 30.3 Å². The van der Waals surface area contributed by atoms with Crippen LogP contribution < -0.4 is 21.6 Å². The molecule has 0 bridgehead atoms. The summed E-state index contributed by atoms with van der Waals surface area (Å²) in [5.74, 6) is -0.185. The monoisotopic (exact) mass is 335 g/mol. The van der Waals surface area contributed by atoms with E-state index in [0.717, 1.165) is 5.56 Å². The van der Waals surface area contributed by atoms with Crippen molar-refractivity contribution in [3.05, 3.63) is 54.1 Å². The number of hydrazone groups is 1. The van der Waals surface area contributed by atoms with Gasteiger partial charge in [-0.2, -0.15) is 13.2 Å². The summed E-state index contributed by atoms with van der Waals surface area (Å²) in [6.07, 6.45) is 0. The van der Waals surface area contributed by atoms with Crippen LogP contribution in [-0.2, 0) is 16.6 Å². The van der Waals surface area contributed by atoms with E-state index in [9.17, 15) is 13.5 Å². The van der Waals surface area contributed by atoms with Crippen LogP contribution >= 0.6 is 0 Å². The van der Waals surface area contributed by atoms with Gasteiger partial charge in [0, 0.05) is 17.8 Å². The number of phenolic OH excluding ortho intramolecular Hbond substituents is 1. The molecule has 0 saturated heterocycles. The summed E-state index contributed by atoms with van der Waals surface area (Å²) in [7, 11) is -3.81. The lowest BCUT2D eigenvalue weighted by molar-refractivity contribution is 0.469. The van der Waals surface area contributed by atoms with E-state index in [0.29, 0.717) is 12.2 Å². The molecule has 122 valence electrons. The zero-order valence-corrected chi connectivity index (χ0v) is 12.9. The highest BCUT2D eigenvalue weighted by atomic mass is 32.2. The number of nitrogens with one attached hydrogen (secondary N) is 2. The van der Waals surface area contributed by atoms with Crippen LogP contribution in [0.4, 0.5) is 5.69 Å². The highest BCUT2D eigenvalue weighted by Gasteiger charge is 2.12. The van der Waals surface area contributed by atoms with E-state index in [1.807, 2.05) is 10.9 Å². The zero-order valence-electron chi connectivity index (χ0n) is 12.1. The van der Waals surface area contributed by atoms with Gasteiger partial charge in [-0.05, 0) is 30.3 Å². The summed E-state index contributed by atoms with van der Waals surface area (Å²) in [5.41, 5.74) is 11.6. The van der Waals surface area contributed by atoms with Crippen LogP contribution in [0.2, 0.25) is 0 Å². The first kappa shape index (κ1) is 16.4. The summed E-state index contributed by atoms with van der Waals surface area (Å²) >= 11 is 0. The average Bonchev–Trinajstić information content (AvgIpc) is 2.53. The lowest BCUT2D eigenvalue weighted by Crippen LogP contribution is -2.29. The highest BCUT2D eigenvalue weighted by Crippen LogP contribution is 2.19. The minimum atomic E-state index is -3.81. The van der Waals surface area contributed by atoms with Crippen LogP contribution in [0.25, 0.3) is 0 Å². The normalized spacial score (nSPS) is 10.8. The largest absolute Gasteiger partial charge is 0.508 e. The van der Waals surface area contributed by atoms with Gasteiger partial charge in [0.2, 0.25) is 5.96 Å². The first-order valence-corrected chi connectivity index (χ1v) is 8.08. The van der Waals surface area contributed by atoms with E-state index in [4.69, 9.17) is 11.5 Å². The molecule has 2 rings (SSSR count). The zero-order chi connectivity index (χ0) is 16.9. The van der Waals surface area contributed by atoms with Gasteiger partial charge < -0.3 is 21.9 Å². The maximum atomic E-state index is 11.9. The fraction of sp³-hybridized carbons (Fsp3) is 0.0714. The Kier molecular flexibility index (Phi) is 4.91. The van der Waals surface area contributed by atoms with Crippen LogP contribution in [0.1, 0.15) is 5.56 Å². The van der Waals surface area contributed by atoms with Crippen LogP contribution in [-0.4, -0.2) is 19.5 Å². The Morgan fingerprint density at radius 3 is 2.35 bits per heavy atom. The molecular weight excluding hydrogens is 318 g/mol. The second kappa shape index (κ2) is 6.88. The van der Waals surface area contributed by atoms with Gasteiger partial charge in [0.1, 0.15) is 5.75 Å². The van der Waals surface area contributed by atoms with Crippen LogP contribution in [0, 0.1) is 0 Å². The number of anilines is 1. The van der Waals surface area contributed by atoms with Gasteiger partial charge in [-0.15, -0.1) is 5.10 Å². The number of nitrogens with two attached hydrogens (primary N) is 2. The molecule has 2 aromatic rings. The van der Waals surface area contributed by atoms with Gasteiger partial charge >= 0.3 is 0 Å². The lowest BCUT2D eigenvalue weighted by Gasteiger charge is -2.09. The van der Waals surface area contributed by atoms with Crippen LogP contribution in [0.15, 0.2) is 58.5 Å². The summed E-state index contributed by atoms with van der Waals surface area (Å²) in [4.78, 5) is 1.94. The minimum Gasteiger partial charge on any atom is -0.508 e. The number of nitrogens with zero attached hydrogens (tertiary/aromatic N) is 1. The molecule has 0 unspecified atom stereocenters. The van der Waals surface area contributed by atoms with E-state index < -0.39 is 10.0 Å². The first-order valence-electron chi connectivity index (χ1n) is 6.60. The van der Waals surface area contributed by atoms with Gasteiger partial charge in [-0.1, -0.05) is 18.2 Å². The number of benzene rings is 2. The van der Waals surface area contributed by atoms with Gasteiger partial charge in [0.15, 0.2) is 0 Å². The van der Waals surface area contributed by atoms with Crippen molar-refractivity contribution in [1.82, 2.24) is 4.83 Å². The van der Waals surface area contributed by atoms with Gasteiger partial charge in [0.25, 0.3) is 10.0 Å². The summed E-state index contributed by atoms with van der Waals surface area (Å²) in [6, 6.07) is 13.0. The molecule has 2 aromatic carbocycles. The number of aromatic hydroxyl groups is 1. The maximum Gasteiger partial charge on any atom is 0.276 e. The molecule has 7 N–H and O–H groups in total. The lowest BCUT2D eigenvalue weighted by atomic mass is 10.2. The van der Waals surface area contributed by atoms with Crippen molar-refractivity contribution < 1.29 is 13.5 Å². The molecular formula is C14H17N5O3S. The molecule has 8 nitrogen and oxygen atoms in total. The minimum absolute atomic E-state index is 0.0237. The smallest absolute Gasteiger partial charge is 0.276 e. The summed E-state index contributed by atoms with van der Waals surface area (Å²) in [5, 5.41) is 16.0. The van der Waals surface area contributed by atoms with Crippen molar-refractivity contribution in [2.45, 2.75) is 11.4 Å². The van der Waals surface area contributed by atoms with Gasteiger partial charge in [-0.25, -0.2) is 0 Å². The fourth-order valence-corrected chi connectivity index (χ4v) is 2.60. The Bertz CT molecular complexity index is 799. The van der Waals surface area contributed by atoms with Crippen molar-refractivity contribution in [1.29, 1.82) is 0 Å². The van der Waals surface area contributed by atoms with Crippen molar-refractivity contribution in [2.75, 3.05) is 5.32 Å². The van der Waals surface area contributed by atoms with Crippen molar-refractivity contribution in [3.8, 4) is 5.75 Å². The number of sulfonamides is 1. The molecule has 0 aliphatic carbocycles. The van der Waals surface area contributed by atoms with E-state index in [2.05, 4.69) is 10.4 Å². The molecule has 0 aliphatic rings. The third-order valence-electron chi connectivity index (χ3n) is 2.93. The molecule has 0 radical (unpaired) electrons. The molecule has 0 saturated carbocycles. The quantitative estimate of drug-likeness (QED) is 0.295. The second-order valence-electron chi connectivity index (χ2n) is 4.64. The standard InChI is InChI=1S/C14H17N5O3S/c15-14(16)18-19-23(21,22)12-7-5-11(6-8-12)17-9-10-3-1-2-4-13(10)20/h1-8,17,19-20H,9H2,(H4,15,16,18). The molecule has 0 aliphatic heterocycles. The molecule has 9 heteroatoms. The molecule has 0 atom stereocenters. The van der Waals surface area contributed by atoms with Crippen molar-refractivity contribution >= 4 is 21.7 Å². The summed E-state index contributed by atoms with van der Waals surface area (Å²) in [6.45, 7) is 0.408. The third kappa shape index (κ3) is 4.51.